The van der Waals surface area contributed by atoms with Gasteiger partial charge in [-0.1, -0.05) is 316 Å². The number of nitrogens with one attached hydrogen (secondary N) is 1. The lowest BCUT2D eigenvalue weighted by Crippen LogP contribution is -2.65. The third-order valence-corrected chi connectivity index (χ3v) is 18.0. The van der Waals surface area contributed by atoms with E-state index in [4.69, 9.17) is 18.9 Å². The summed E-state index contributed by atoms with van der Waals surface area (Å²) in [5.41, 5.74) is 0. The Bertz CT molecular complexity index is 2000. The largest absolute Gasteiger partial charge is 0.394 e. The minimum Gasteiger partial charge on any atom is -0.394 e. The maximum absolute atomic E-state index is 13.4. The molecule has 542 valence electrons. The van der Waals surface area contributed by atoms with Crippen LogP contribution in [0.3, 0.4) is 0 Å². The molecule has 2 aliphatic heterocycles. The number of carbonyl (C=O) groups is 1. The number of aliphatic hydroxyl groups is 8. The lowest BCUT2D eigenvalue weighted by atomic mass is 9.97. The van der Waals surface area contributed by atoms with Crippen molar-refractivity contribution in [3.05, 3.63) is 109 Å². The molecule has 12 atom stereocenters. The van der Waals surface area contributed by atoms with E-state index in [0.717, 1.165) is 96.3 Å². The van der Waals surface area contributed by atoms with E-state index in [1.165, 1.54) is 173 Å². The molecule has 2 heterocycles. The zero-order chi connectivity index (χ0) is 68.0. The Morgan fingerprint density at radius 2 is 0.734 bits per heavy atom. The molecule has 0 aromatic rings. The molecule has 0 radical (unpaired) electrons. The quantitative estimate of drug-likeness (QED) is 0.0204. The minimum atomic E-state index is -1.79. The normalized spacial score (nSPS) is 23.1. The highest BCUT2D eigenvalue weighted by molar-refractivity contribution is 5.76. The number of hydrogen-bond donors (Lipinski definition) is 9. The Morgan fingerprint density at radius 3 is 1.13 bits per heavy atom. The van der Waals surface area contributed by atoms with Crippen LogP contribution in [0, 0.1) is 0 Å². The average molecular weight is 1320 g/mol. The second-order valence-electron chi connectivity index (χ2n) is 26.4. The molecule has 2 fully saturated rings. The van der Waals surface area contributed by atoms with Crippen LogP contribution in [-0.2, 0) is 23.7 Å². The van der Waals surface area contributed by atoms with Crippen molar-refractivity contribution >= 4 is 5.91 Å². The van der Waals surface area contributed by atoms with E-state index in [0.29, 0.717) is 6.42 Å². The van der Waals surface area contributed by atoms with E-state index >= 15 is 0 Å². The lowest BCUT2D eigenvalue weighted by Gasteiger charge is -2.46. The van der Waals surface area contributed by atoms with Crippen LogP contribution < -0.4 is 5.32 Å². The van der Waals surface area contributed by atoms with Gasteiger partial charge in [-0.2, -0.15) is 0 Å². The molecule has 0 saturated carbocycles. The number of hydrogen-bond acceptors (Lipinski definition) is 13. The van der Waals surface area contributed by atoms with Gasteiger partial charge in [0.25, 0.3) is 0 Å². The smallest absolute Gasteiger partial charge is 0.220 e. The van der Waals surface area contributed by atoms with Crippen molar-refractivity contribution in [2.75, 3.05) is 19.8 Å². The third-order valence-electron chi connectivity index (χ3n) is 18.0. The Balaban J connectivity index is 1.65. The molecular formula is C80H139NO13. The van der Waals surface area contributed by atoms with Gasteiger partial charge in [0.1, 0.15) is 48.8 Å². The van der Waals surface area contributed by atoms with Crippen LogP contribution in [0.15, 0.2) is 109 Å². The van der Waals surface area contributed by atoms with Crippen LogP contribution in [-0.4, -0.2) is 140 Å². The van der Waals surface area contributed by atoms with Crippen molar-refractivity contribution in [1.82, 2.24) is 5.32 Å². The van der Waals surface area contributed by atoms with Crippen molar-refractivity contribution in [2.45, 2.75) is 370 Å². The van der Waals surface area contributed by atoms with Gasteiger partial charge in [-0.05, 0) is 83.5 Å². The van der Waals surface area contributed by atoms with E-state index in [9.17, 15) is 45.6 Å². The summed E-state index contributed by atoms with van der Waals surface area (Å²) in [6.07, 6.45) is 74.3. The molecule has 14 nitrogen and oxygen atoms in total. The predicted molar refractivity (Wildman–Crippen MR) is 387 cm³/mol. The predicted octanol–water partition coefficient (Wildman–Crippen LogP) is 16.7. The van der Waals surface area contributed by atoms with E-state index in [2.05, 4.69) is 116 Å². The number of aliphatic hydroxyl groups excluding tert-OH is 8. The second-order valence-corrected chi connectivity index (χ2v) is 26.4. The van der Waals surface area contributed by atoms with E-state index in [1.54, 1.807) is 6.08 Å². The number of ether oxygens (including phenoxy) is 4. The summed E-state index contributed by atoms with van der Waals surface area (Å²) >= 11 is 0. The number of rotatable bonds is 62. The van der Waals surface area contributed by atoms with Gasteiger partial charge in [0.15, 0.2) is 12.6 Å². The van der Waals surface area contributed by atoms with Gasteiger partial charge < -0.3 is 65.1 Å². The van der Waals surface area contributed by atoms with Crippen molar-refractivity contribution in [3.63, 3.8) is 0 Å². The topological polar surface area (TPSA) is 228 Å². The monoisotopic (exact) mass is 1320 g/mol. The van der Waals surface area contributed by atoms with Crippen molar-refractivity contribution < 1.29 is 64.6 Å². The Labute approximate surface area is 572 Å². The van der Waals surface area contributed by atoms with Crippen LogP contribution in [0.4, 0.5) is 0 Å². The number of carbonyl (C=O) groups excluding carboxylic acids is 1. The summed E-state index contributed by atoms with van der Waals surface area (Å²) in [6.45, 7) is 2.71. The highest BCUT2D eigenvalue weighted by Gasteiger charge is 2.51. The molecule has 0 bridgehead atoms. The van der Waals surface area contributed by atoms with E-state index < -0.39 is 86.8 Å². The van der Waals surface area contributed by atoms with Gasteiger partial charge in [-0.25, -0.2) is 0 Å². The third kappa shape index (κ3) is 46.0. The van der Waals surface area contributed by atoms with Crippen LogP contribution in [0.5, 0.6) is 0 Å². The summed E-state index contributed by atoms with van der Waals surface area (Å²) < 4.78 is 22.9. The summed E-state index contributed by atoms with van der Waals surface area (Å²) in [5.74, 6) is -0.245. The van der Waals surface area contributed by atoms with Crippen LogP contribution in [0.25, 0.3) is 0 Å². The highest BCUT2D eigenvalue weighted by atomic mass is 16.7. The fraction of sp³-hybridized carbons (Fsp3) is 0.762. The van der Waals surface area contributed by atoms with Gasteiger partial charge >= 0.3 is 0 Å². The molecule has 0 aromatic carbocycles. The van der Waals surface area contributed by atoms with Crippen molar-refractivity contribution in [1.29, 1.82) is 0 Å². The number of amides is 1. The number of unbranched alkanes of at least 4 members (excludes halogenated alkanes) is 33. The molecule has 14 heteroatoms. The maximum atomic E-state index is 13.4. The van der Waals surface area contributed by atoms with Crippen molar-refractivity contribution in [2.24, 2.45) is 0 Å². The lowest BCUT2D eigenvalue weighted by molar-refractivity contribution is -0.359. The molecule has 0 aliphatic carbocycles. The Morgan fingerprint density at radius 1 is 0.394 bits per heavy atom. The Kier molecular flexibility index (Phi) is 58.2. The first kappa shape index (κ1) is 86.7. The first-order chi connectivity index (χ1) is 46.1. The van der Waals surface area contributed by atoms with E-state index in [-0.39, 0.29) is 18.9 Å². The van der Waals surface area contributed by atoms with Crippen LogP contribution >= 0.6 is 0 Å². The van der Waals surface area contributed by atoms with Gasteiger partial charge in [-0.15, -0.1) is 0 Å². The zero-order valence-corrected chi connectivity index (χ0v) is 59.2. The molecule has 1 amide bonds. The molecule has 0 aromatic heterocycles. The first-order valence-electron chi connectivity index (χ1n) is 38.1. The summed E-state index contributed by atoms with van der Waals surface area (Å²) in [7, 11) is 0. The molecule has 0 spiro atoms. The SMILES string of the molecule is CC/C=C\C/C=C\C/C=C\C/C=C\C/C=C\C/C=C\C/C=C\C/C=C\CCCCCCCCCCCCC(=O)NC(COC1OC(CO)C(OC2OC(CO)C(O)C(O)C2O)C(O)C1O)C(O)/C=C/CCCCCCCCCCCCCCCCCCCCCCCCC. The Hall–Kier alpha value is -3.35. The van der Waals surface area contributed by atoms with Gasteiger partial charge in [-0.3, -0.25) is 4.79 Å². The van der Waals surface area contributed by atoms with Crippen LogP contribution in [0.2, 0.25) is 0 Å². The first-order valence-corrected chi connectivity index (χ1v) is 38.1. The zero-order valence-electron chi connectivity index (χ0n) is 59.2. The molecule has 2 rings (SSSR count). The van der Waals surface area contributed by atoms with E-state index in [1.807, 2.05) is 6.08 Å². The average Bonchev–Trinajstić information content (AvgIpc) is 0.794. The summed E-state index contributed by atoms with van der Waals surface area (Å²) in [5, 5.41) is 87.6. The van der Waals surface area contributed by atoms with Crippen LogP contribution in [0.1, 0.15) is 296 Å². The molecule has 94 heavy (non-hydrogen) atoms. The summed E-state index contributed by atoms with van der Waals surface area (Å²) in [6, 6.07) is -0.926. The summed E-state index contributed by atoms with van der Waals surface area (Å²) in [4.78, 5) is 13.4. The van der Waals surface area contributed by atoms with Gasteiger partial charge in [0, 0.05) is 6.42 Å². The standard InChI is InChI=1S/C80H139NO13/c1-3-5-7-9-11-13-15-17-19-21-23-25-27-29-30-31-32-33-34-35-36-37-38-40-42-44-46-48-50-52-54-56-58-60-62-64-72(85)81-68(67-91-79-77(90)75(88)78(71(66-83)93-79)94-80-76(89)74(87)73(86)70(65-82)92-80)69(84)63-61-59-57-55-53-51-49-47-45-43-41-39-28-26-24-22-20-18-16-14-12-10-8-6-4-2/h5,7,11,13,17,19,23,25,29-30,32-33,35-36,38,40,61,63,68-71,73-80,82-84,86-90H,3-4,6,8-10,12,14-16,18,20-22,24,26-28,31,34,37,39,41-60,62,64-67H2,1-2H3,(H,81,85)/b7-5-,13-11-,19-17-,25-23-,30-29-,33-32-,36-35-,40-38-,63-61+. The second kappa shape index (κ2) is 63.1. The highest BCUT2D eigenvalue weighted by Crippen LogP contribution is 2.30. The minimum absolute atomic E-state index is 0.245. The van der Waals surface area contributed by atoms with Gasteiger partial charge in [0.2, 0.25) is 5.91 Å². The molecule has 9 N–H and O–H groups in total. The van der Waals surface area contributed by atoms with Crippen molar-refractivity contribution in [3.8, 4) is 0 Å². The maximum Gasteiger partial charge on any atom is 0.220 e. The van der Waals surface area contributed by atoms with Gasteiger partial charge in [0.05, 0.1) is 32.0 Å². The molecular weight excluding hydrogens is 1180 g/mol. The molecule has 12 unspecified atom stereocenters. The number of allylic oxidation sites excluding steroid dienone is 17. The molecule has 2 saturated heterocycles. The fourth-order valence-corrected chi connectivity index (χ4v) is 12.0. The molecule has 2 aliphatic rings. The fourth-order valence-electron chi connectivity index (χ4n) is 12.0.